The van der Waals surface area contributed by atoms with E-state index >= 15 is 0 Å². The van der Waals surface area contributed by atoms with E-state index in [2.05, 4.69) is 21.3 Å². The van der Waals surface area contributed by atoms with E-state index in [4.69, 9.17) is 4.74 Å². The van der Waals surface area contributed by atoms with E-state index in [0.717, 1.165) is 24.1 Å². The number of ether oxygens (including phenoxy) is 1. The van der Waals surface area contributed by atoms with Crippen molar-refractivity contribution in [2.75, 3.05) is 6.26 Å². The largest absolute Gasteiger partial charge is 0.454 e. The van der Waals surface area contributed by atoms with Gasteiger partial charge in [0.25, 0.3) is 5.56 Å². The number of rotatable bonds is 5. The second-order valence-electron chi connectivity index (χ2n) is 8.08. The van der Waals surface area contributed by atoms with E-state index in [1.54, 1.807) is 17.5 Å². The van der Waals surface area contributed by atoms with Gasteiger partial charge in [-0.1, -0.05) is 11.6 Å². The van der Waals surface area contributed by atoms with Crippen LogP contribution in [0.2, 0.25) is 0 Å². The molecule has 0 atom stereocenters. The van der Waals surface area contributed by atoms with E-state index in [-0.39, 0.29) is 23.3 Å². The molecule has 3 aromatic heterocycles. The van der Waals surface area contributed by atoms with Crippen LogP contribution in [0.25, 0.3) is 16.7 Å². The molecule has 0 N–H and O–H groups in total. The number of thioether (sulfide) groups is 1. The third-order valence-corrected chi connectivity index (χ3v) is 6.48. The van der Waals surface area contributed by atoms with Crippen LogP contribution in [0.4, 0.5) is 0 Å². The number of esters is 1. The third-order valence-electron chi connectivity index (χ3n) is 5.80. The van der Waals surface area contributed by atoms with Gasteiger partial charge in [-0.3, -0.25) is 13.8 Å². The zero-order valence-electron chi connectivity index (χ0n) is 18.3. The summed E-state index contributed by atoms with van der Waals surface area (Å²) in [4.78, 5) is 30.3. The summed E-state index contributed by atoms with van der Waals surface area (Å²) < 4.78 is 8.72. The maximum Gasteiger partial charge on any atom is 0.340 e. The zero-order valence-corrected chi connectivity index (χ0v) is 19.1. The molecule has 166 valence electrons. The van der Waals surface area contributed by atoms with Gasteiger partial charge >= 0.3 is 5.97 Å². The Morgan fingerprint density at radius 3 is 2.79 bits per heavy atom. The van der Waals surface area contributed by atoms with Crippen molar-refractivity contribution < 1.29 is 9.53 Å². The number of aryl methyl sites for hydroxylation is 2. The first-order chi connectivity index (χ1) is 15.9. The van der Waals surface area contributed by atoms with Crippen molar-refractivity contribution in [2.45, 2.75) is 37.3 Å². The number of fused-ring (bicyclic) bond motifs is 3. The van der Waals surface area contributed by atoms with E-state index in [0.29, 0.717) is 33.4 Å². The SMILES string of the molecule is CSc1nc(C2CC2)cc(C(=O)OCc2nnc3n(C)c(=O)c4cc(C)ccc4n23)c1C#N. The Morgan fingerprint density at radius 1 is 1.30 bits per heavy atom. The second-order valence-corrected chi connectivity index (χ2v) is 8.87. The van der Waals surface area contributed by atoms with Gasteiger partial charge < -0.3 is 4.74 Å². The van der Waals surface area contributed by atoms with Crippen molar-refractivity contribution in [2.24, 2.45) is 7.05 Å². The molecule has 9 nitrogen and oxygen atoms in total. The number of pyridine rings is 1. The van der Waals surface area contributed by atoms with Gasteiger partial charge in [-0.25, -0.2) is 9.78 Å². The first-order valence-electron chi connectivity index (χ1n) is 10.4. The van der Waals surface area contributed by atoms with Crippen LogP contribution >= 0.6 is 11.8 Å². The molecule has 4 aromatic rings. The van der Waals surface area contributed by atoms with E-state index in [1.165, 1.54) is 16.3 Å². The van der Waals surface area contributed by atoms with Crippen molar-refractivity contribution >= 4 is 34.4 Å². The van der Waals surface area contributed by atoms with E-state index < -0.39 is 5.97 Å². The Labute approximate surface area is 193 Å². The standard InChI is InChI=1S/C23H20N6O3S/c1-12-4-7-18-15(8-12)21(30)28(2)23-27-26-19(29(18)23)11-32-22(31)14-9-17(13-5-6-13)25-20(33-3)16(14)10-24/h4,7-9,13H,5-6,11H2,1-3H3. The number of carbonyl (C=O) groups excluding carboxylic acids is 1. The van der Waals surface area contributed by atoms with Gasteiger partial charge in [0.05, 0.1) is 22.0 Å². The number of benzene rings is 1. The highest BCUT2D eigenvalue weighted by molar-refractivity contribution is 7.98. The van der Waals surface area contributed by atoms with Gasteiger partial charge in [-0.15, -0.1) is 22.0 Å². The molecule has 10 heteroatoms. The fraction of sp³-hybridized carbons (Fsp3) is 0.304. The third kappa shape index (κ3) is 3.54. The lowest BCUT2D eigenvalue weighted by molar-refractivity contribution is 0.0460. The molecule has 0 aliphatic heterocycles. The summed E-state index contributed by atoms with van der Waals surface area (Å²) in [5.74, 6) is 0.437. The zero-order chi connectivity index (χ0) is 23.3. The number of nitrogens with zero attached hydrogens (tertiary/aromatic N) is 6. The summed E-state index contributed by atoms with van der Waals surface area (Å²) in [6.07, 6.45) is 3.88. The molecule has 1 aliphatic carbocycles. The summed E-state index contributed by atoms with van der Waals surface area (Å²) in [6.45, 7) is 1.75. The van der Waals surface area contributed by atoms with E-state index in [9.17, 15) is 14.9 Å². The average molecular weight is 461 g/mol. The molecule has 0 amide bonds. The van der Waals surface area contributed by atoms with Gasteiger partial charge in [-0.05, 0) is 44.2 Å². The van der Waals surface area contributed by atoms with E-state index in [1.807, 2.05) is 31.4 Å². The minimum absolute atomic E-state index is 0.165. The Kier molecular flexibility index (Phi) is 5.13. The van der Waals surface area contributed by atoms with Crippen molar-refractivity contribution in [1.82, 2.24) is 24.1 Å². The molecule has 0 bridgehead atoms. The van der Waals surface area contributed by atoms with Crippen molar-refractivity contribution in [3.05, 3.63) is 62.8 Å². The lowest BCUT2D eigenvalue weighted by atomic mass is 10.1. The molecule has 33 heavy (non-hydrogen) atoms. The number of aromatic nitrogens is 5. The first-order valence-corrected chi connectivity index (χ1v) is 11.6. The summed E-state index contributed by atoms with van der Waals surface area (Å²) in [7, 11) is 1.63. The first kappa shape index (κ1) is 21.2. The Balaban J connectivity index is 1.53. The molecule has 1 aromatic carbocycles. The number of hydrogen-bond donors (Lipinski definition) is 0. The number of carbonyl (C=O) groups is 1. The number of nitriles is 1. The maximum atomic E-state index is 13.0. The molecule has 1 aliphatic rings. The van der Waals surface area contributed by atoms with Gasteiger partial charge in [-0.2, -0.15) is 5.26 Å². The van der Waals surface area contributed by atoms with Crippen LogP contribution in [-0.4, -0.2) is 36.4 Å². The molecule has 0 radical (unpaired) electrons. The molecule has 5 rings (SSSR count). The topological polar surface area (TPSA) is 115 Å². The van der Waals surface area contributed by atoms with Gasteiger partial charge in [0, 0.05) is 18.7 Å². The number of hydrogen-bond acceptors (Lipinski definition) is 8. The Bertz CT molecular complexity index is 1540. The summed E-state index contributed by atoms with van der Waals surface area (Å²) in [5.41, 5.74) is 2.65. The molecule has 0 spiro atoms. The van der Waals surface area contributed by atoms with Gasteiger partial charge in [0.2, 0.25) is 5.78 Å². The highest BCUT2D eigenvalue weighted by Crippen LogP contribution is 2.40. The summed E-state index contributed by atoms with van der Waals surface area (Å²) in [6, 6.07) is 9.30. The van der Waals surface area contributed by atoms with Gasteiger partial charge in [0.15, 0.2) is 12.4 Å². The van der Waals surface area contributed by atoms with Crippen LogP contribution in [0.1, 0.15) is 51.8 Å². The average Bonchev–Trinajstić information content (AvgIpc) is 3.59. The van der Waals surface area contributed by atoms with Crippen molar-refractivity contribution in [3.63, 3.8) is 0 Å². The molecule has 0 saturated heterocycles. The minimum atomic E-state index is -0.618. The molecule has 3 heterocycles. The van der Waals surface area contributed by atoms with Crippen LogP contribution in [0.5, 0.6) is 0 Å². The Morgan fingerprint density at radius 2 is 2.09 bits per heavy atom. The smallest absolute Gasteiger partial charge is 0.340 e. The quantitative estimate of drug-likeness (QED) is 0.330. The fourth-order valence-electron chi connectivity index (χ4n) is 3.91. The van der Waals surface area contributed by atoms with Crippen LogP contribution in [-0.2, 0) is 18.4 Å². The fourth-order valence-corrected chi connectivity index (χ4v) is 4.46. The summed E-state index contributed by atoms with van der Waals surface area (Å²) in [5, 5.41) is 19.0. The lowest BCUT2D eigenvalue weighted by Crippen LogP contribution is -2.21. The van der Waals surface area contributed by atoms with Crippen LogP contribution < -0.4 is 5.56 Å². The Hall–Kier alpha value is -3.71. The molecular formula is C23H20N6O3S. The predicted octanol–water partition coefficient (Wildman–Crippen LogP) is 3.11. The summed E-state index contributed by atoms with van der Waals surface area (Å²) >= 11 is 1.33. The normalized spacial score (nSPS) is 13.4. The highest BCUT2D eigenvalue weighted by atomic mass is 32.2. The molecule has 1 saturated carbocycles. The maximum absolute atomic E-state index is 13.0. The van der Waals surface area contributed by atoms with Crippen LogP contribution in [0.15, 0.2) is 34.1 Å². The van der Waals surface area contributed by atoms with Crippen molar-refractivity contribution in [1.29, 1.82) is 5.26 Å². The predicted molar refractivity (Wildman–Crippen MR) is 122 cm³/mol. The minimum Gasteiger partial charge on any atom is -0.454 e. The second kappa shape index (κ2) is 8.01. The molecular weight excluding hydrogens is 440 g/mol. The molecule has 0 unspecified atom stereocenters. The molecule has 1 fully saturated rings. The van der Waals surface area contributed by atoms with Crippen molar-refractivity contribution in [3.8, 4) is 6.07 Å². The monoisotopic (exact) mass is 460 g/mol. The highest BCUT2D eigenvalue weighted by Gasteiger charge is 2.29. The van der Waals surface area contributed by atoms with Crippen LogP contribution in [0.3, 0.4) is 0 Å². The lowest BCUT2D eigenvalue weighted by Gasteiger charge is -2.11. The van der Waals surface area contributed by atoms with Crippen LogP contribution in [0, 0.1) is 18.3 Å². The van der Waals surface area contributed by atoms with Gasteiger partial charge in [0.1, 0.15) is 11.1 Å².